The number of nitrogens with zero attached hydrogens (tertiary/aromatic N) is 1. The van der Waals surface area contributed by atoms with Crippen molar-refractivity contribution in [2.24, 2.45) is 4.99 Å². The van der Waals surface area contributed by atoms with Crippen molar-refractivity contribution in [2.75, 3.05) is 7.11 Å². The van der Waals surface area contributed by atoms with Gasteiger partial charge >= 0.3 is 5.97 Å². The third kappa shape index (κ3) is 3.76. The van der Waals surface area contributed by atoms with Crippen LogP contribution in [0.3, 0.4) is 0 Å². The highest BCUT2D eigenvalue weighted by atomic mass is 79.9. The summed E-state index contributed by atoms with van der Waals surface area (Å²) in [6.45, 7) is 3.86. The van der Waals surface area contributed by atoms with Gasteiger partial charge in [0.2, 0.25) is 0 Å². The van der Waals surface area contributed by atoms with Gasteiger partial charge in [0.25, 0.3) is 5.90 Å². The molecule has 0 saturated carbocycles. The van der Waals surface area contributed by atoms with E-state index in [0.29, 0.717) is 21.7 Å². The topological polar surface area (TPSA) is 70.3 Å². The molecule has 3 rings (SSSR count). The van der Waals surface area contributed by atoms with Crippen molar-refractivity contribution in [3.63, 3.8) is 0 Å². The molecule has 0 N–H and O–H groups in total. The smallest absolute Gasteiger partial charge is 0.363 e. The van der Waals surface area contributed by atoms with Crippen LogP contribution < -0.4 is 9.47 Å². The molecular weight excluding hydrogens is 390 g/mol. The van der Waals surface area contributed by atoms with Crippen LogP contribution in [0.4, 0.5) is 0 Å². The Morgan fingerprint density at radius 2 is 2.12 bits per heavy atom. The van der Waals surface area contributed by atoms with Crippen LogP contribution >= 0.6 is 15.9 Å². The highest BCUT2D eigenvalue weighted by Gasteiger charge is 2.26. The SMILES string of the molecule is COc1cc(/C=C2\N=C(c3ccco3)OC2=O)cc(Br)c1OC(C)C. The highest BCUT2D eigenvalue weighted by Crippen LogP contribution is 2.38. The normalized spacial score (nSPS) is 15.5. The van der Waals surface area contributed by atoms with E-state index in [2.05, 4.69) is 20.9 Å². The summed E-state index contributed by atoms with van der Waals surface area (Å²) in [6, 6.07) is 6.96. The molecule has 1 aromatic heterocycles. The van der Waals surface area contributed by atoms with Gasteiger partial charge in [0.15, 0.2) is 23.0 Å². The van der Waals surface area contributed by atoms with Gasteiger partial charge in [-0.1, -0.05) is 0 Å². The Balaban J connectivity index is 1.95. The number of hydrogen-bond acceptors (Lipinski definition) is 6. The number of aliphatic imine (C=N–C) groups is 1. The largest absolute Gasteiger partial charge is 0.493 e. The molecule has 0 spiro atoms. The van der Waals surface area contributed by atoms with Crippen molar-refractivity contribution < 1.29 is 23.4 Å². The van der Waals surface area contributed by atoms with Crippen LogP contribution in [0.5, 0.6) is 11.5 Å². The summed E-state index contributed by atoms with van der Waals surface area (Å²) in [7, 11) is 1.56. The molecule has 1 aromatic carbocycles. The van der Waals surface area contributed by atoms with Crippen molar-refractivity contribution in [3.05, 3.63) is 52.0 Å². The number of cyclic esters (lactones) is 1. The number of benzene rings is 1. The van der Waals surface area contributed by atoms with Crippen molar-refractivity contribution in [2.45, 2.75) is 20.0 Å². The van der Waals surface area contributed by atoms with Crippen LogP contribution in [-0.4, -0.2) is 25.1 Å². The molecule has 0 bridgehead atoms. The molecule has 25 heavy (non-hydrogen) atoms. The van der Waals surface area contributed by atoms with Gasteiger partial charge < -0.3 is 18.6 Å². The summed E-state index contributed by atoms with van der Waals surface area (Å²) in [5.41, 5.74) is 0.897. The lowest BCUT2D eigenvalue weighted by Gasteiger charge is -2.15. The van der Waals surface area contributed by atoms with E-state index in [1.54, 1.807) is 31.4 Å². The molecule has 0 radical (unpaired) electrons. The molecule has 130 valence electrons. The van der Waals surface area contributed by atoms with Gasteiger partial charge in [-0.3, -0.25) is 0 Å². The summed E-state index contributed by atoms with van der Waals surface area (Å²) < 4.78 is 22.2. The number of rotatable bonds is 5. The fraction of sp³-hybridized carbons (Fsp3) is 0.222. The van der Waals surface area contributed by atoms with Crippen LogP contribution in [0.1, 0.15) is 25.2 Å². The van der Waals surface area contributed by atoms with E-state index in [1.807, 2.05) is 19.9 Å². The van der Waals surface area contributed by atoms with Crippen molar-refractivity contribution in [3.8, 4) is 11.5 Å². The summed E-state index contributed by atoms with van der Waals surface area (Å²) in [4.78, 5) is 16.2. The number of hydrogen-bond donors (Lipinski definition) is 0. The average molecular weight is 406 g/mol. The van der Waals surface area contributed by atoms with E-state index in [0.717, 1.165) is 5.56 Å². The lowest BCUT2D eigenvalue weighted by molar-refractivity contribution is -0.130. The Morgan fingerprint density at radius 3 is 2.76 bits per heavy atom. The van der Waals surface area contributed by atoms with Crippen molar-refractivity contribution in [1.82, 2.24) is 0 Å². The molecule has 1 aliphatic rings. The fourth-order valence-electron chi connectivity index (χ4n) is 2.25. The van der Waals surface area contributed by atoms with Gasteiger partial charge in [-0.15, -0.1) is 0 Å². The molecule has 0 atom stereocenters. The minimum Gasteiger partial charge on any atom is -0.493 e. The Bertz CT molecular complexity index is 853. The molecule has 7 heteroatoms. The second kappa shape index (κ2) is 7.14. The Hall–Kier alpha value is -2.54. The number of carbonyl (C=O) groups excluding carboxylic acids is 1. The van der Waals surface area contributed by atoms with Crippen molar-refractivity contribution >= 4 is 33.9 Å². The summed E-state index contributed by atoms with van der Waals surface area (Å²) in [5, 5.41) is 0. The van der Waals surface area contributed by atoms with Crippen LogP contribution in [0.2, 0.25) is 0 Å². The first-order chi connectivity index (χ1) is 12.0. The zero-order chi connectivity index (χ0) is 18.0. The predicted molar refractivity (Wildman–Crippen MR) is 95.8 cm³/mol. The number of esters is 1. The molecule has 6 nitrogen and oxygen atoms in total. The summed E-state index contributed by atoms with van der Waals surface area (Å²) in [5.74, 6) is 1.16. The quantitative estimate of drug-likeness (QED) is 0.550. The first-order valence-electron chi connectivity index (χ1n) is 7.58. The second-order valence-electron chi connectivity index (χ2n) is 5.51. The molecule has 0 amide bonds. The van der Waals surface area contributed by atoms with Gasteiger partial charge in [0.1, 0.15) is 0 Å². The zero-order valence-electron chi connectivity index (χ0n) is 13.9. The summed E-state index contributed by atoms with van der Waals surface area (Å²) >= 11 is 3.47. The zero-order valence-corrected chi connectivity index (χ0v) is 15.5. The number of ether oxygens (including phenoxy) is 3. The minimum atomic E-state index is -0.538. The first-order valence-corrected chi connectivity index (χ1v) is 8.38. The molecule has 0 saturated heterocycles. The van der Waals surface area contributed by atoms with Gasteiger partial charge in [0.05, 0.1) is 23.9 Å². The third-order valence-corrected chi connectivity index (χ3v) is 3.85. The maximum Gasteiger partial charge on any atom is 0.363 e. The molecule has 2 heterocycles. The predicted octanol–water partition coefficient (Wildman–Crippen LogP) is 4.18. The number of halogens is 1. The van der Waals surface area contributed by atoms with E-state index in [4.69, 9.17) is 18.6 Å². The van der Waals surface area contributed by atoms with Crippen LogP contribution in [0.25, 0.3) is 6.08 Å². The molecule has 0 unspecified atom stereocenters. The van der Waals surface area contributed by atoms with Crippen LogP contribution in [0, 0.1) is 0 Å². The van der Waals surface area contributed by atoms with E-state index in [-0.39, 0.29) is 17.7 Å². The maximum atomic E-state index is 12.0. The minimum absolute atomic E-state index is 0.000307. The van der Waals surface area contributed by atoms with Crippen molar-refractivity contribution in [1.29, 1.82) is 0 Å². The molecule has 2 aromatic rings. The molecule has 0 fully saturated rings. The van der Waals surface area contributed by atoms with Gasteiger partial charge in [0, 0.05) is 0 Å². The van der Waals surface area contributed by atoms with Gasteiger partial charge in [-0.05, 0) is 65.7 Å². The second-order valence-corrected chi connectivity index (χ2v) is 6.37. The Morgan fingerprint density at radius 1 is 1.32 bits per heavy atom. The monoisotopic (exact) mass is 405 g/mol. The number of methoxy groups -OCH3 is 1. The standard InChI is InChI=1S/C18H16BrNO5/c1-10(2)24-16-12(19)7-11(9-15(16)22-3)8-13-18(21)25-17(20-13)14-5-4-6-23-14/h4-10H,1-3H3/b13-8-. The van der Waals surface area contributed by atoms with E-state index in [9.17, 15) is 4.79 Å². The number of furan rings is 1. The van der Waals surface area contributed by atoms with Gasteiger partial charge in [-0.2, -0.15) is 0 Å². The highest BCUT2D eigenvalue weighted by molar-refractivity contribution is 9.10. The average Bonchev–Trinajstić information content (AvgIpc) is 3.20. The van der Waals surface area contributed by atoms with E-state index < -0.39 is 5.97 Å². The summed E-state index contributed by atoms with van der Waals surface area (Å²) in [6.07, 6.45) is 3.10. The fourth-order valence-corrected chi connectivity index (χ4v) is 2.80. The Kier molecular flexibility index (Phi) is 4.94. The first kappa shape index (κ1) is 17.3. The van der Waals surface area contributed by atoms with Crippen LogP contribution in [-0.2, 0) is 9.53 Å². The van der Waals surface area contributed by atoms with E-state index in [1.165, 1.54) is 6.26 Å². The Labute approximate surface area is 153 Å². The maximum absolute atomic E-state index is 12.0. The van der Waals surface area contributed by atoms with Gasteiger partial charge in [-0.25, -0.2) is 9.79 Å². The van der Waals surface area contributed by atoms with E-state index >= 15 is 0 Å². The lowest BCUT2D eigenvalue weighted by atomic mass is 10.1. The number of carbonyl (C=O) groups is 1. The molecule has 1 aliphatic heterocycles. The third-order valence-electron chi connectivity index (χ3n) is 3.26. The molecule has 0 aliphatic carbocycles. The van der Waals surface area contributed by atoms with Crippen LogP contribution in [0.15, 0.2) is 50.1 Å². The lowest BCUT2D eigenvalue weighted by Crippen LogP contribution is -2.07. The molecular formula is C18H16BrNO5.